The Bertz CT molecular complexity index is 831. The molecule has 0 atom stereocenters. The van der Waals surface area contributed by atoms with Gasteiger partial charge in [0.05, 0.1) is 17.2 Å². The molecular weight excluding hydrogens is 356 g/mol. The topological polar surface area (TPSA) is 84.5 Å². The van der Waals surface area contributed by atoms with Gasteiger partial charge in [-0.15, -0.1) is 0 Å². The van der Waals surface area contributed by atoms with Gasteiger partial charge in [-0.05, 0) is 37.0 Å². The van der Waals surface area contributed by atoms with Crippen LogP contribution in [0, 0.1) is 5.92 Å². The molecule has 1 saturated carbocycles. The first-order valence-electron chi connectivity index (χ1n) is 9.51. The Morgan fingerprint density at radius 2 is 1.68 bits per heavy atom. The summed E-state index contributed by atoms with van der Waals surface area (Å²) < 4.78 is 5.04. The smallest absolute Gasteiger partial charge is 0.309 e. The number of ether oxygens (including phenoxy) is 1. The first-order chi connectivity index (χ1) is 13.6. The summed E-state index contributed by atoms with van der Waals surface area (Å²) in [5.41, 5.74) is 1.90. The highest BCUT2D eigenvalue weighted by atomic mass is 16.5. The predicted molar refractivity (Wildman–Crippen MR) is 106 cm³/mol. The van der Waals surface area contributed by atoms with Crippen molar-refractivity contribution in [3.8, 4) is 0 Å². The van der Waals surface area contributed by atoms with E-state index in [1.165, 1.54) is 0 Å². The average molecular weight is 380 g/mol. The molecule has 2 N–H and O–H groups in total. The van der Waals surface area contributed by atoms with Crippen LogP contribution < -0.4 is 10.6 Å². The monoisotopic (exact) mass is 380 g/mol. The number of carbonyl (C=O) groups excluding carboxylic acids is 3. The molecule has 1 aliphatic carbocycles. The van der Waals surface area contributed by atoms with E-state index >= 15 is 0 Å². The minimum absolute atomic E-state index is 0.0736. The SMILES string of the molecule is O=C(COC(=O)C1CCC1)Nc1ccccc1C(=O)NCCc1ccccc1. The quantitative estimate of drug-likeness (QED) is 0.690. The van der Waals surface area contributed by atoms with E-state index in [1.807, 2.05) is 30.3 Å². The Kier molecular flexibility index (Phi) is 6.78. The maximum atomic E-state index is 12.5. The minimum atomic E-state index is -0.461. The molecule has 0 bridgehead atoms. The van der Waals surface area contributed by atoms with E-state index in [0.29, 0.717) is 17.8 Å². The summed E-state index contributed by atoms with van der Waals surface area (Å²) in [5, 5.41) is 5.52. The van der Waals surface area contributed by atoms with Crippen LogP contribution in [0.1, 0.15) is 35.2 Å². The summed E-state index contributed by atoms with van der Waals surface area (Å²) in [6.07, 6.45) is 3.40. The van der Waals surface area contributed by atoms with Gasteiger partial charge in [0.1, 0.15) is 0 Å². The van der Waals surface area contributed by atoms with Gasteiger partial charge >= 0.3 is 5.97 Å². The molecular formula is C22H24N2O4. The second-order valence-corrected chi connectivity index (χ2v) is 6.82. The number of rotatable bonds is 8. The molecule has 0 heterocycles. The second kappa shape index (κ2) is 9.69. The Morgan fingerprint density at radius 3 is 2.39 bits per heavy atom. The van der Waals surface area contributed by atoms with Crippen molar-refractivity contribution in [1.29, 1.82) is 0 Å². The van der Waals surface area contributed by atoms with Crippen molar-refractivity contribution >= 4 is 23.5 Å². The summed E-state index contributed by atoms with van der Waals surface area (Å²) in [7, 11) is 0. The molecule has 0 aromatic heterocycles. The molecule has 146 valence electrons. The van der Waals surface area contributed by atoms with Crippen molar-refractivity contribution in [1.82, 2.24) is 5.32 Å². The van der Waals surface area contributed by atoms with Gasteiger partial charge in [0.25, 0.3) is 11.8 Å². The van der Waals surface area contributed by atoms with E-state index in [4.69, 9.17) is 4.74 Å². The lowest BCUT2D eigenvalue weighted by molar-refractivity contribution is -0.154. The summed E-state index contributed by atoms with van der Waals surface area (Å²) in [6, 6.07) is 16.6. The van der Waals surface area contributed by atoms with Crippen molar-refractivity contribution in [2.75, 3.05) is 18.5 Å². The number of benzene rings is 2. The highest BCUT2D eigenvalue weighted by Gasteiger charge is 2.27. The molecule has 1 fully saturated rings. The van der Waals surface area contributed by atoms with Gasteiger partial charge in [-0.1, -0.05) is 48.9 Å². The minimum Gasteiger partial charge on any atom is -0.455 e. The highest BCUT2D eigenvalue weighted by molar-refractivity contribution is 6.04. The second-order valence-electron chi connectivity index (χ2n) is 6.82. The van der Waals surface area contributed by atoms with Crippen molar-refractivity contribution in [2.45, 2.75) is 25.7 Å². The number of para-hydroxylation sites is 1. The third-order valence-electron chi connectivity index (χ3n) is 4.77. The molecule has 6 heteroatoms. The van der Waals surface area contributed by atoms with Gasteiger partial charge in [-0.3, -0.25) is 14.4 Å². The number of anilines is 1. The summed E-state index contributed by atoms with van der Waals surface area (Å²) >= 11 is 0. The molecule has 3 rings (SSSR count). The predicted octanol–water partition coefficient (Wildman–Crippen LogP) is 2.94. The Balaban J connectivity index is 1.50. The lowest BCUT2D eigenvalue weighted by atomic mass is 9.86. The molecule has 6 nitrogen and oxygen atoms in total. The third kappa shape index (κ3) is 5.42. The van der Waals surface area contributed by atoms with Crippen molar-refractivity contribution in [3.05, 3.63) is 65.7 Å². The molecule has 28 heavy (non-hydrogen) atoms. The van der Waals surface area contributed by atoms with E-state index < -0.39 is 5.91 Å². The van der Waals surface area contributed by atoms with Crippen LogP contribution in [-0.4, -0.2) is 30.9 Å². The zero-order valence-corrected chi connectivity index (χ0v) is 15.6. The van der Waals surface area contributed by atoms with E-state index in [1.54, 1.807) is 24.3 Å². The van der Waals surface area contributed by atoms with Gasteiger partial charge in [-0.25, -0.2) is 0 Å². The Labute approximate surface area is 164 Å². The van der Waals surface area contributed by atoms with Crippen LogP contribution in [0.25, 0.3) is 0 Å². The van der Waals surface area contributed by atoms with Crippen LogP contribution in [0.15, 0.2) is 54.6 Å². The molecule has 0 unspecified atom stereocenters. The lowest BCUT2D eigenvalue weighted by Gasteiger charge is -2.22. The first-order valence-corrected chi connectivity index (χ1v) is 9.51. The largest absolute Gasteiger partial charge is 0.455 e. The zero-order chi connectivity index (χ0) is 19.8. The van der Waals surface area contributed by atoms with Crippen LogP contribution in [0.3, 0.4) is 0 Å². The fourth-order valence-corrected chi connectivity index (χ4v) is 2.94. The Morgan fingerprint density at radius 1 is 0.964 bits per heavy atom. The van der Waals surface area contributed by atoms with Gasteiger partial charge in [0, 0.05) is 6.54 Å². The normalized spacial score (nSPS) is 13.3. The molecule has 0 aliphatic heterocycles. The number of hydrogen-bond acceptors (Lipinski definition) is 4. The summed E-state index contributed by atoms with van der Waals surface area (Å²) in [6.45, 7) is 0.142. The van der Waals surface area contributed by atoms with Gasteiger partial charge < -0.3 is 15.4 Å². The fourth-order valence-electron chi connectivity index (χ4n) is 2.94. The highest BCUT2D eigenvalue weighted by Crippen LogP contribution is 2.27. The summed E-state index contributed by atoms with van der Waals surface area (Å²) in [5.74, 6) is -1.13. The number of hydrogen-bond donors (Lipinski definition) is 2. The lowest BCUT2D eigenvalue weighted by Crippen LogP contribution is -2.29. The zero-order valence-electron chi connectivity index (χ0n) is 15.6. The number of carbonyl (C=O) groups is 3. The molecule has 0 saturated heterocycles. The molecule has 2 aromatic carbocycles. The maximum Gasteiger partial charge on any atom is 0.309 e. The molecule has 0 radical (unpaired) electrons. The molecule has 2 amide bonds. The molecule has 2 aromatic rings. The van der Waals surface area contributed by atoms with Crippen molar-refractivity contribution in [2.24, 2.45) is 5.92 Å². The van der Waals surface area contributed by atoms with E-state index in [9.17, 15) is 14.4 Å². The summed E-state index contributed by atoms with van der Waals surface area (Å²) in [4.78, 5) is 36.3. The van der Waals surface area contributed by atoms with Crippen LogP contribution in [-0.2, 0) is 20.7 Å². The number of nitrogens with one attached hydrogen (secondary N) is 2. The fraction of sp³-hybridized carbons (Fsp3) is 0.318. The van der Waals surface area contributed by atoms with E-state index in [0.717, 1.165) is 31.2 Å². The van der Waals surface area contributed by atoms with Gasteiger partial charge in [0.2, 0.25) is 0 Å². The van der Waals surface area contributed by atoms with E-state index in [-0.39, 0.29) is 24.4 Å². The van der Waals surface area contributed by atoms with Crippen molar-refractivity contribution < 1.29 is 19.1 Å². The third-order valence-corrected chi connectivity index (χ3v) is 4.77. The first kappa shape index (κ1) is 19.6. The standard InChI is InChI=1S/C22H24N2O4/c25-20(15-28-22(27)17-9-6-10-17)24-19-12-5-4-11-18(19)21(26)23-14-13-16-7-2-1-3-8-16/h1-5,7-8,11-12,17H,6,9-10,13-15H2,(H,23,26)(H,24,25). The van der Waals surface area contributed by atoms with Crippen LogP contribution in [0.5, 0.6) is 0 Å². The molecule has 1 aliphatic rings. The maximum absolute atomic E-state index is 12.5. The molecule has 0 spiro atoms. The number of esters is 1. The van der Waals surface area contributed by atoms with Gasteiger partial charge in [0.15, 0.2) is 6.61 Å². The van der Waals surface area contributed by atoms with Crippen LogP contribution in [0.2, 0.25) is 0 Å². The van der Waals surface area contributed by atoms with Crippen molar-refractivity contribution in [3.63, 3.8) is 0 Å². The van der Waals surface area contributed by atoms with Crippen LogP contribution in [0.4, 0.5) is 5.69 Å². The van der Waals surface area contributed by atoms with E-state index in [2.05, 4.69) is 10.6 Å². The van der Waals surface area contributed by atoms with Gasteiger partial charge in [-0.2, -0.15) is 0 Å². The Hall–Kier alpha value is -3.15. The number of amides is 2. The van der Waals surface area contributed by atoms with Crippen LogP contribution >= 0.6 is 0 Å². The average Bonchev–Trinajstić information content (AvgIpc) is 2.66.